The molecule has 1 aromatic heterocycles. The molecule has 2 atom stereocenters. The van der Waals surface area contributed by atoms with Crippen LogP contribution in [0.15, 0.2) is 30.3 Å². The van der Waals surface area contributed by atoms with E-state index in [1.807, 2.05) is 42.2 Å². The lowest BCUT2D eigenvalue weighted by atomic mass is 9.92. The lowest BCUT2D eigenvalue weighted by Gasteiger charge is -2.37. The highest BCUT2D eigenvalue weighted by Crippen LogP contribution is 2.31. The van der Waals surface area contributed by atoms with Crippen molar-refractivity contribution < 1.29 is 4.79 Å². The molecule has 4 nitrogen and oxygen atoms in total. The third-order valence-corrected chi connectivity index (χ3v) is 5.72. The minimum atomic E-state index is 0. The number of aromatic nitrogens is 1. The highest BCUT2D eigenvalue weighted by molar-refractivity contribution is 7.17. The van der Waals surface area contributed by atoms with Crippen molar-refractivity contribution in [2.24, 2.45) is 11.7 Å². The van der Waals surface area contributed by atoms with Crippen LogP contribution in [0.4, 0.5) is 0 Å². The molecule has 1 saturated heterocycles. The smallest absolute Gasteiger partial charge is 0.266 e. The van der Waals surface area contributed by atoms with E-state index in [0.717, 1.165) is 40.5 Å². The van der Waals surface area contributed by atoms with Gasteiger partial charge in [0.05, 0.1) is 5.69 Å². The van der Waals surface area contributed by atoms with Gasteiger partial charge >= 0.3 is 0 Å². The molecular formula is C18H25Cl2N3OS. The van der Waals surface area contributed by atoms with Crippen molar-refractivity contribution in [2.75, 3.05) is 13.1 Å². The van der Waals surface area contributed by atoms with Gasteiger partial charge in [0.25, 0.3) is 5.91 Å². The summed E-state index contributed by atoms with van der Waals surface area (Å²) >= 11 is 1.48. The zero-order valence-corrected chi connectivity index (χ0v) is 16.9. The van der Waals surface area contributed by atoms with E-state index in [2.05, 4.69) is 11.9 Å². The maximum atomic E-state index is 13.0. The second kappa shape index (κ2) is 9.53. The summed E-state index contributed by atoms with van der Waals surface area (Å²) in [5, 5.41) is 0.904. The van der Waals surface area contributed by atoms with E-state index in [9.17, 15) is 4.79 Å². The van der Waals surface area contributed by atoms with Gasteiger partial charge in [-0.15, -0.1) is 36.2 Å². The highest BCUT2D eigenvalue weighted by Gasteiger charge is 2.31. The van der Waals surface area contributed by atoms with Gasteiger partial charge in [-0.25, -0.2) is 4.98 Å². The molecule has 138 valence electrons. The lowest BCUT2D eigenvalue weighted by molar-refractivity contribution is 0.0577. The summed E-state index contributed by atoms with van der Waals surface area (Å²) in [6, 6.07) is 10.2. The Morgan fingerprint density at radius 1 is 1.32 bits per heavy atom. The van der Waals surface area contributed by atoms with E-state index in [0.29, 0.717) is 12.5 Å². The molecule has 3 rings (SSSR count). The summed E-state index contributed by atoms with van der Waals surface area (Å²) < 4.78 is 0. The number of nitrogens with two attached hydrogens (primary N) is 1. The van der Waals surface area contributed by atoms with E-state index in [-0.39, 0.29) is 36.8 Å². The predicted molar refractivity (Wildman–Crippen MR) is 109 cm³/mol. The summed E-state index contributed by atoms with van der Waals surface area (Å²) in [5.74, 6) is 0.722. The van der Waals surface area contributed by atoms with Gasteiger partial charge in [0.15, 0.2) is 0 Å². The molecule has 0 saturated carbocycles. The second-order valence-electron chi connectivity index (χ2n) is 6.32. The first-order valence-electron chi connectivity index (χ1n) is 8.14. The molecule has 25 heavy (non-hydrogen) atoms. The Balaban J connectivity index is 0.00000156. The first kappa shape index (κ1) is 21.9. The average molecular weight is 402 g/mol. The molecule has 0 bridgehead atoms. The Morgan fingerprint density at radius 2 is 2.00 bits per heavy atom. The molecule has 0 spiro atoms. The van der Waals surface area contributed by atoms with Crippen molar-refractivity contribution >= 4 is 42.1 Å². The van der Waals surface area contributed by atoms with Gasteiger partial charge in [-0.3, -0.25) is 4.79 Å². The SMILES string of the molecule is Cc1nc(-c2ccccc2)sc1C(=O)N1CCC(C)CC1CN.Cl.Cl. The monoisotopic (exact) mass is 401 g/mol. The normalized spacial score (nSPS) is 19.7. The van der Waals surface area contributed by atoms with Crippen molar-refractivity contribution in [3.63, 3.8) is 0 Å². The topological polar surface area (TPSA) is 59.2 Å². The van der Waals surface area contributed by atoms with Crippen LogP contribution >= 0.6 is 36.2 Å². The maximum Gasteiger partial charge on any atom is 0.266 e. The number of nitrogens with zero attached hydrogens (tertiary/aromatic N) is 2. The number of hydrogen-bond donors (Lipinski definition) is 1. The van der Waals surface area contributed by atoms with Crippen LogP contribution < -0.4 is 5.73 Å². The molecular weight excluding hydrogens is 377 g/mol. The first-order chi connectivity index (χ1) is 11.1. The second-order valence-corrected chi connectivity index (χ2v) is 7.32. The quantitative estimate of drug-likeness (QED) is 0.839. The summed E-state index contributed by atoms with van der Waals surface area (Å²) in [6.07, 6.45) is 2.04. The van der Waals surface area contributed by atoms with Crippen molar-refractivity contribution in [2.45, 2.75) is 32.7 Å². The highest BCUT2D eigenvalue weighted by atomic mass is 35.5. The van der Waals surface area contributed by atoms with Crippen molar-refractivity contribution in [1.29, 1.82) is 0 Å². The fourth-order valence-corrected chi connectivity index (χ4v) is 4.20. The predicted octanol–water partition coefficient (Wildman–Crippen LogP) is 4.16. The number of rotatable bonds is 3. The summed E-state index contributed by atoms with van der Waals surface area (Å²) in [5.41, 5.74) is 7.77. The van der Waals surface area contributed by atoms with Crippen molar-refractivity contribution in [3.8, 4) is 10.6 Å². The summed E-state index contributed by atoms with van der Waals surface area (Å²) in [7, 11) is 0. The van der Waals surface area contributed by atoms with E-state index >= 15 is 0 Å². The molecule has 2 aromatic rings. The Hall–Kier alpha value is -1.14. The first-order valence-corrected chi connectivity index (χ1v) is 8.95. The number of carbonyl (C=O) groups excluding carboxylic acids is 1. The zero-order valence-electron chi connectivity index (χ0n) is 14.5. The van der Waals surface area contributed by atoms with Crippen LogP contribution in [0.25, 0.3) is 10.6 Å². The fourth-order valence-electron chi connectivity index (χ4n) is 3.17. The van der Waals surface area contributed by atoms with Crippen LogP contribution in [0.3, 0.4) is 0 Å². The molecule has 0 radical (unpaired) electrons. The van der Waals surface area contributed by atoms with Crippen LogP contribution in [0.2, 0.25) is 0 Å². The summed E-state index contributed by atoms with van der Waals surface area (Å²) in [4.78, 5) is 20.3. The molecule has 2 unspecified atom stereocenters. The number of benzene rings is 1. The zero-order chi connectivity index (χ0) is 16.4. The van der Waals surface area contributed by atoms with Gasteiger partial charge in [0.2, 0.25) is 0 Å². The van der Waals surface area contributed by atoms with Crippen LogP contribution in [-0.4, -0.2) is 34.9 Å². The van der Waals surface area contributed by atoms with Crippen LogP contribution in [-0.2, 0) is 0 Å². The van der Waals surface area contributed by atoms with Crippen LogP contribution in [0.1, 0.15) is 35.1 Å². The molecule has 2 N–H and O–H groups in total. The van der Waals surface area contributed by atoms with Gasteiger partial charge in [0, 0.05) is 24.7 Å². The number of likely N-dealkylation sites (tertiary alicyclic amines) is 1. The standard InChI is InChI=1S/C18H23N3OS.2ClH/c1-12-8-9-21(15(10-12)11-19)18(22)16-13(2)20-17(23-16)14-6-4-3-5-7-14;;/h3-7,12,15H,8-11,19H2,1-2H3;2*1H. The number of thiazole rings is 1. The molecule has 0 aliphatic carbocycles. The van der Waals surface area contributed by atoms with Gasteiger partial charge < -0.3 is 10.6 Å². The van der Waals surface area contributed by atoms with Crippen molar-refractivity contribution in [3.05, 3.63) is 40.9 Å². The Bertz CT molecular complexity index is 693. The van der Waals surface area contributed by atoms with Crippen molar-refractivity contribution in [1.82, 2.24) is 9.88 Å². The van der Waals surface area contributed by atoms with Gasteiger partial charge in [0.1, 0.15) is 9.88 Å². The Morgan fingerprint density at radius 3 is 2.64 bits per heavy atom. The van der Waals surface area contributed by atoms with E-state index < -0.39 is 0 Å². The van der Waals surface area contributed by atoms with E-state index in [4.69, 9.17) is 5.73 Å². The third-order valence-electron chi connectivity index (χ3n) is 4.52. The minimum absolute atomic E-state index is 0. The fraction of sp³-hybridized carbons (Fsp3) is 0.444. The number of halogens is 2. The van der Waals surface area contributed by atoms with Crippen LogP contribution in [0.5, 0.6) is 0 Å². The molecule has 1 aromatic carbocycles. The average Bonchev–Trinajstić information content (AvgIpc) is 2.97. The van der Waals surface area contributed by atoms with Crippen LogP contribution in [0, 0.1) is 12.8 Å². The number of carbonyl (C=O) groups is 1. The molecule has 1 amide bonds. The molecule has 2 heterocycles. The maximum absolute atomic E-state index is 13.0. The number of piperidine rings is 1. The number of hydrogen-bond acceptors (Lipinski definition) is 4. The largest absolute Gasteiger partial charge is 0.334 e. The summed E-state index contributed by atoms with van der Waals surface area (Å²) in [6.45, 7) is 5.47. The van der Waals surface area contributed by atoms with Gasteiger partial charge in [-0.2, -0.15) is 0 Å². The molecule has 1 aliphatic rings. The lowest BCUT2D eigenvalue weighted by Crippen LogP contribution is -2.49. The van der Waals surface area contributed by atoms with Gasteiger partial charge in [-0.1, -0.05) is 37.3 Å². The third kappa shape index (κ3) is 4.73. The van der Waals surface area contributed by atoms with E-state index in [1.165, 1.54) is 11.3 Å². The molecule has 7 heteroatoms. The van der Waals surface area contributed by atoms with Gasteiger partial charge in [-0.05, 0) is 25.7 Å². The molecule has 1 aliphatic heterocycles. The van der Waals surface area contributed by atoms with E-state index in [1.54, 1.807) is 0 Å². The Labute approximate surface area is 165 Å². The Kier molecular flexibility index (Phi) is 8.35. The minimum Gasteiger partial charge on any atom is -0.334 e. The number of aryl methyl sites for hydroxylation is 1. The molecule has 1 fully saturated rings. The number of amides is 1.